The number of rotatable bonds is 6. The van der Waals surface area contributed by atoms with Crippen LogP contribution in [0.3, 0.4) is 0 Å². The molecule has 1 saturated heterocycles. The van der Waals surface area contributed by atoms with Gasteiger partial charge in [0.05, 0.1) is 5.75 Å². The number of hydrogen-bond acceptors (Lipinski definition) is 3. The number of hydrogen-bond donors (Lipinski definition) is 2. The van der Waals surface area contributed by atoms with Gasteiger partial charge in [0.15, 0.2) is 0 Å². The molecule has 0 radical (unpaired) electrons. The van der Waals surface area contributed by atoms with Gasteiger partial charge in [-0.1, -0.05) is 6.08 Å². The third kappa shape index (κ3) is 6.48. The molecular formula is C10H21ClN2O2S. The molecule has 0 aliphatic carbocycles. The fraction of sp³-hybridized carbons (Fsp3) is 0.800. The summed E-state index contributed by atoms with van der Waals surface area (Å²) in [4.78, 5) is 0. The van der Waals surface area contributed by atoms with Crippen LogP contribution >= 0.6 is 12.4 Å². The van der Waals surface area contributed by atoms with E-state index in [4.69, 9.17) is 0 Å². The number of nitrogens with one attached hydrogen (secondary N) is 2. The highest BCUT2D eigenvalue weighted by Gasteiger charge is 2.16. The Hall–Kier alpha value is -0.100. The topological polar surface area (TPSA) is 58.2 Å². The zero-order valence-electron chi connectivity index (χ0n) is 9.44. The monoisotopic (exact) mass is 268 g/mol. The van der Waals surface area contributed by atoms with Crippen LogP contribution in [0.2, 0.25) is 0 Å². The molecule has 0 aromatic heterocycles. The van der Waals surface area contributed by atoms with Crippen molar-refractivity contribution in [2.24, 2.45) is 5.92 Å². The normalized spacial score (nSPS) is 21.1. The molecule has 2 N–H and O–H groups in total. The van der Waals surface area contributed by atoms with Crippen molar-refractivity contribution in [1.82, 2.24) is 10.0 Å². The van der Waals surface area contributed by atoms with E-state index in [-0.39, 0.29) is 18.2 Å². The number of allylic oxidation sites excluding steroid dienone is 1. The smallest absolute Gasteiger partial charge is 0.211 e. The average Bonchev–Trinajstić information content (AvgIpc) is 2.25. The Morgan fingerprint density at radius 2 is 2.25 bits per heavy atom. The summed E-state index contributed by atoms with van der Waals surface area (Å²) in [5.74, 6) is 0.591. The van der Waals surface area contributed by atoms with E-state index >= 15 is 0 Å². The van der Waals surface area contributed by atoms with Crippen LogP contribution < -0.4 is 10.0 Å². The maximum Gasteiger partial charge on any atom is 0.211 e. The maximum atomic E-state index is 11.5. The molecule has 0 aromatic carbocycles. The molecule has 1 rings (SSSR count). The van der Waals surface area contributed by atoms with E-state index < -0.39 is 10.0 Å². The minimum absolute atomic E-state index is 0. The second-order valence-electron chi connectivity index (χ2n) is 3.96. The SMILES string of the molecule is C=CCCS(=O)(=O)NCC1CCCNC1.Cl. The first-order valence-corrected chi connectivity index (χ1v) is 7.08. The summed E-state index contributed by atoms with van der Waals surface area (Å²) in [6, 6.07) is 0. The fourth-order valence-electron chi connectivity index (χ4n) is 1.65. The molecule has 16 heavy (non-hydrogen) atoms. The van der Waals surface area contributed by atoms with Crippen LogP contribution in [0.1, 0.15) is 19.3 Å². The molecule has 1 aliphatic rings. The summed E-state index contributed by atoms with van der Waals surface area (Å²) in [6.45, 7) is 6.05. The van der Waals surface area contributed by atoms with Crippen molar-refractivity contribution in [2.45, 2.75) is 19.3 Å². The molecule has 1 atom stereocenters. The van der Waals surface area contributed by atoms with Crippen molar-refractivity contribution in [3.63, 3.8) is 0 Å². The van der Waals surface area contributed by atoms with Crippen LogP contribution in [-0.4, -0.2) is 33.8 Å². The van der Waals surface area contributed by atoms with Gasteiger partial charge in [0, 0.05) is 6.54 Å². The molecule has 4 nitrogen and oxygen atoms in total. The van der Waals surface area contributed by atoms with Gasteiger partial charge in [-0.3, -0.25) is 0 Å². The second kappa shape index (κ2) is 8.06. The van der Waals surface area contributed by atoms with Crippen molar-refractivity contribution < 1.29 is 8.42 Å². The lowest BCUT2D eigenvalue weighted by Crippen LogP contribution is -2.38. The number of piperidine rings is 1. The predicted molar refractivity (Wildman–Crippen MR) is 69.4 cm³/mol. The molecule has 0 aromatic rings. The fourth-order valence-corrected chi connectivity index (χ4v) is 2.76. The van der Waals surface area contributed by atoms with E-state index in [1.54, 1.807) is 6.08 Å². The van der Waals surface area contributed by atoms with Gasteiger partial charge in [-0.25, -0.2) is 13.1 Å². The van der Waals surface area contributed by atoms with E-state index in [0.717, 1.165) is 25.9 Å². The summed E-state index contributed by atoms with van der Waals surface area (Å²) in [5.41, 5.74) is 0. The van der Waals surface area contributed by atoms with Crippen LogP contribution in [0.25, 0.3) is 0 Å². The van der Waals surface area contributed by atoms with E-state index in [0.29, 0.717) is 18.9 Å². The molecule has 1 unspecified atom stereocenters. The summed E-state index contributed by atoms with van der Waals surface area (Å²) in [6.07, 6.45) is 4.38. The Kier molecular flexibility index (Phi) is 8.01. The van der Waals surface area contributed by atoms with Gasteiger partial charge in [-0.05, 0) is 38.3 Å². The zero-order chi connectivity index (χ0) is 11.1. The van der Waals surface area contributed by atoms with Crippen molar-refractivity contribution in [3.8, 4) is 0 Å². The van der Waals surface area contributed by atoms with Crippen LogP contribution in [0, 0.1) is 5.92 Å². The van der Waals surface area contributed by atoms with Gasteiger partial charge in [0.1, 0.15) is 0 Å². The van der Waals surface area contributed by atoms with Crippen molar-refractivity contribution in [1.29, 1.82) is 0 Å². The summed E-state index contributed by atoms with van der Waals surface area (Å²) >= 11 is 0. The first-order valence-electron chi connectivity index (χ1n) is 5.43. The zero-order valence-corrected chi connectivity index (χ0v) is 11.1. The first kappa shape index (κ1) is 15.9. The summed E-state index contributed by atoms with van der Waals surface area (Å²) in [5, 5.41) is 3.26. The van der Waals surface area contributed by atoms with Crippen molar-refractivity contribution in [2.75, 3.05) is 25.4 Å². The molecule has 1 aliphatic heterocycles. The van der Waals surface area contributed by atoms with E-state index in [9.17, 15) is 8.42 Å². The number of sulfonamides is 1. The molecule has 0 bridgehead atoms. The van der Waals surface area contributed by atoms with Crippen LogP contribution in [0.5, 0.6) is 0 Å². The standard InChI is InChI=1S/C10H20N2O2S.ClH/c1-2-3-7-15(13,14)12-9-10-5-4-6-11-8-10;/h2,10-12H,1,3-9H2;1H. The Balaban J connectivity index is 0.00000225. The van der Waals surface area contributed by atoms with Crippen molar-refractivity contribution >= 4 is 22.4 Å². The first-order chi connectivity index (χ1) is 7.14. The van der Waals surface area contributed by atoms with Gasteiger partial charge in [0.2, 0.25) is 10.0 Å². The van der Waals surface area contributed by atoms with Crippen LogP contribution in [0.4, 0.5) is 0 Å². The third-order valence-electron chi connectivity index (χ3n) is 2.58. The Morgan fingerprint density at radius 3 is 2.81 bits per heavy atom. The van der Waals surface area contributed by atoms with Gasteiger partial charge in [-0.15, -0.1) is 19.0 Å². The van der Waals surface area contributed by atoms with Gasteiger partial charge in [-0.2, -0.15) is 0 Å². The van der Waals surface area contributed by atoms with E-state index in [1.165, 1.54) is 0 Å². The Bertz CT molecular complexity index is 287. The van der Waals surface area contributed by atoms with E-state index in [2.05, 4.69) is 16.6 Å². The maximum absolute atomic E-state index is 11.5. The Labute approximate surface area is 104 Å². The molecule has 0 saturated carbocycles. The lowest BCUT2D eigenvalue weighted by atomic mass is 10.0. The van der Waals surface area contributed by atoms with Gasteiger partial charge in [0.25, 0.3) is 0 Å². The average molecular weight is 269 g/mol. The van der Waals surface area contributed by atoms with Gasteiger partial charge < -0.3 is 5.32 Å². The highest BCUT2D eigenvalue weighted by Crippen LogP contribution is 2.08. The molecule has 0 amide bonds. The molecule has 6 heteroatoms. The molecule has 1 fully saturated rings. The van der Waals surface area contributed by atoms with Crippen LogP contribution in [-0.2, 0) is 10.0 Å². The number of halogens is 1. The van der Waals surface area contributed by atoms with E-state index in [1.807, 2.05) is 0 Å². The summed E-state index contributed by atoms with van der Waals surface area (Å²) in [7, 11) is -3.09. The Morgan fingerprint density at radius 1 is 1.50 bits per heavy atom. The predicted octanol–water partition coefficient (Wildman–Crippen LogP) is 0.903. The minimum Gasteiger partial charge on any atom is -0.316 e. The van der Waals surface area contributed by atoms with Crippen molar-refractivity contribution in [3.05, 3.63) is 12.7 Å². The quantitative estimate of drug-likeness (QED) is 0.704. The lowest BCUT2D eigenvalue weighted by molar-refractivity contribution is 0.376. The summed E-state index contributed by atoms with van der Waals surface area (Å²) < 4.78 is 25.6. The lowest BCUT2D eigenvalue weighted by Gasteiger charge is -2.22. The van der Waals surface area contributed by atoms with Crippen LogP contribution in [0.15, 0.2) is 12.7 Å². The highest BCUT2D eigenvalue weighted by atomic mass is 35.5. The highest BCUT2D eigenvalue weighted by molar-refractivity contribution is 7.89. The largest absolute Gasteiger partial charge is 0.316 e. The third-order valence-corrected chi connectivity index (χ3v) is 3.96. The molecular weight excluding hydrogens is 248 g/mol. The molecule has 1 heterocycles. The molecule has 96 valence electrons. The van der Waals surface area contributed by atoms with Gasteiger partial charge >= 0.3 is 0 Å². The molecule has 0 spiro atoms. The second-order valence-corrected chi connectivity index (χ2v) is 5.88. The minimum atomic E-state index is -3.09.